The van der Waals surface area contributed by atoms with Crippen molar-refractivity contribution in [3.8, 4) is 11.5 Å². The Balaban J connectivity index is 2.40. The summed E-state index contributed by atoms with van der Waals surface area (Å²) in [5.41, 5.74) is 0.246. The zero-order chi connectivity index (χ0) is 13.1. The maximum Gasteiger partial charge on any atom is 0.144 e. The van der Waals surface area contributed by atoms with Gasteiger partial charge in [-0.2, -0.15) is 0 Å². The molecule has 0 N–H and O–H groups in total. The third-order valence-electron chi connectivity index (χ3n) is 2.32. The van der Waals surface area contributed by atoms with Crippen molar-refractivity contribution in [3.63, 3.8) is 0 Å². The third kappa shape index (κ3) is 2.82. The maximum absolute atomic E-state index is 13.5. The average molecular weight is 334 g/mol. The van der Waals surface area contributed by atoms with E-state index in [1.807, 2.05) is 0 Å². The van der Waals surface area contributed by atoms with E-state index in [-0.39, 0.29) is 22.9 Å². The first-order valence-corrected chi connectivity index (χ1v) is 6.41. The SMILES string of the molecule is Fc1ccc(Br)c(Oc2cccc(F)c2CCl)c1. The summed E-state index contributed by atoms with van der Waals surface area (Å²) in [6, 6.07) is 8.42. The summed E-state index contributed by atoms with van der Waals surface area (Å²) in [7, 11) is 0. The second-order valence-corrected chi connectivity index (χ2v) is 4.65. The zero-order valence-corrected chi connectivity index (χ0v) is 11.4. The standard InChI is InChI=1S/C13H8BrClF2O/c14-10-5-4-8(16)6-13(10)18-12-3-1-2-11(17)9(12)7-15/h1-6H,7H2. The zero-order valence-electron chi connectivity index (χ0n) is 9.09. The number of halogens is 4. The van der Waals surface area contributed by atoms with Crippen molar-refractivity contribution < 1.29 is 13.5 Å². The van der Waals surface area contributed by atoms with Crippen LogP contribution in [0.25, 0.3) is 0 Å². The van der Waals surface area contributed by atoms with Crippen LogP contribution in [0.3, 0.4) is 0 Å². The molecule has 5 heteroatoms. The van der Waals surface area contributed by atoms with Gasteiger partial charge in [-0.15, -0.1) is 11.6 Å². The topological polar surface area (TPSA) is 9.23 Å². The molecule has 2 aromatic rings. The van der Waals surface area contributed by atoms with Gasteiger partial charge in [-0.05, 0) is 40.2 Å². The Kier molecular flexibility index (Phi) is 4.19. The van der Waals surface area contributed by atoms with Crippen LogP contribution < -0.4 is 4.74 Å². The second kappa shape index (κ2) is 5.67. The second-order valence-electron chi connectivity index (χ2n) is 3.53. The summed E-state index contributed by atoms with van der Waals surface area (Å²) >= 11 is 8.90. The van der Waals surface area contributed by atoms with Gasteiger partial charge in [0.25, 0.3) is 0 Å². The highest BCUT2D eigenvalue weighted by atomic mass is 79.9. The Morgan fingerprint density at radius 1 is 1.11 bits per heavy atom. The smallest absolute Gasteiger partial charge is 0.144 e. The maximum atomic E-state index is 13.5. The predicted molar refractivity (Wildman–Crippen MR) is 70.1 cm³/mol. The van der Waals surface area contributed by atoms with E-state index in [1.165, 1.54) is 30.3 Å². The molecule has 0 saturated heterocycles. The molecule has 2 rings (SSSR count). The lowest BCUT2D eigenvalue weighted by Crippen LogP contribution is -1.94. The molecule has 94 valence electrons. The number of rotatable bonds is 3. The molecule has 0 aliphatic heterocycles. The van der Waals surface area contributed by atoms with Gasteiger partial charge in [0.1, 0.15) is 23.1 Å². The van der Waals surface area contributed by atoms with Gasteiger partial charge < -0.3 is 4.74 Å². The molecule has 0 fully saturated rings. The molecule has 0 atom stereocenters. The van der Waals surface area contributed by atoms with Crippen LogP contribution >= 0.6 is 27.5 Å². The summed E-state index contributed by atoms with van der Waals surface area (Å²) in [6.45, 7) is 0. The summed E-state index contributed by atoms with van der Waals surface area (Å²) in [4.78, 5) is 0. The highest BCUT2D eigenvalue weighted by Crippen LogP contribution is 2.33. The van der Waals surface area contributed by atoms with E-state index in [9.17, 15) is 8.78 Å². The Morgan fingerprint density at radius 2 is 1.89 bits per heavy atom. The molecule has 0 amide bonds. The minimum absolute atomic E-state index is 0.0189. The fourth-order valence-electron chi connectivity index (χ4n) is 1.44. The molecule has 2 aromatic carbocycles. The van der Waals surface area contributed by atoms with Crippen molar-refractivity contribution in [3.05, 3.63) is 58.1 Å². The van der Waals surface area contributed by atoms with E-state index in [1.54, 1.807) is 6.07 Å². The monoisotopic (exact) mass is 332 g/mol. The molecule has 1 nitrogen and oxygen atoms in total. The van der Waals surface area contributed by atoms with Crippen LogP contribution in [0.15, 0.2) is 40.9 Å². The Hall–Kier alpha value is -1.13. The van der Waals surface area contributed by atoms with E-state index in [4.69, 9.17) is 16.3 Å². The number of ether oxygens (including phenoxy) is 1. The number of hydrogen-bond donors (Lipinski definition) is 0. The third-order valence-corrected chi connectivity index (χ3v) is 3.25. The van der Waals surface area contributed by atoms with E-state index in [2.05, 4.69) is 15.9 Å². The molecule has 0 aromatic heterocycles. The van der Waals surface area contributed by atoms with E-state index < -0.39 is 11.6 Å². The van der Waals surface area contributed by atoms with Crippen LogP contribution in [-0.4, -0.2) is 0 Å². The van der Waals surface area contributed by atoms with Crippen molar-refractivity contribution in [2.75, 3.05) is 0 Å². The first-order valence-electron chi connectivity index (χ1n) is 5.08. The van der Waals surface area contributed by atoms with Gasteiger partial charge in [-0.3, -0.25) is 0 Å². The molecule has 0 spiro atoms. The van der Waals surface area contributed by atoms with Gasteiger partial charge >= 0.3 is 0 Å². The lowest BCUT2D eigenvalue weighted by molar-refractivity contribution is 0.462. The van der Waals surface area contributed by atoms with Gasteiger partial charge in [0.15, 0.2) is 0 Å². The van der Waals surface area contributed by atoms with Gasteiger partial charge in [0.05, 0.1) is 10.4 Å². The summed E-state index contributed by atoms with van der Waals surface area (Å²) in [6.07, 6.45) is 0. The van der Waals surface area contributed by atoms with Crippen LogP contribution in [0.4, 0.5) is 8.78 Å². The van der Waals surface area contributed by atoms with Crippen LogP contribution in [0, 0.1) is 11.6 Å². The molecule has 0 aliphatic rings. The van der Waals surface area contributed by atoms with Crippen LogP contribution in [0.1, 0.15) is 5.56 Å². The van der Waals surface area contributed by atoms with E-state index in [0.29, 0.717) is 4.47 Å². The average Bonchev–Trinajstić information content (AvgIpc) is 2.34. The molecule has 0 aliphatic carbocycles. The van der Waals surface area contributed by atoms with Crippen LogP contribution in [0.2, 0.25) is 0 Å². The number of benzene rings is 2. The molecular weight excluding hydrogens is 325 g/mol. The lowest BCUT2D eigenvalue weighted by atomic mass is 10.2. The molecule has 0 heterocycles. The first-order chi connectivity index (χ1) is 8.61. The Bertz CT molecular complexity index is 575. The van der Waals surface area contributed by atoms with E-state index >= 15 is 0 Å². The first kappa shape index (κ1) is 13.3. The highest BCUT2D eigenvalue weighted by Gasteiger charge is 2.11. The minimum Gasteiger partial charge on any atom is -0.456 e. The number of hydrogen-bond acceptors (Lipinski definition) is 1. The summed E-state index contributed by atoms with van der Waals surface area (Å²) < 4.78 is 32.7. The number of alkyl halides is 1. The molecule has 18 heavy (non-hydrogen) atoms. The molecule has 0 bridgehead atoms. The molecule has 0 saturated carbocycles. The Labute approximate surface area is 116 Å². The fraction of sp³-hybridized carbons (Fsp3) is 0.0769. The van der Waals surface area contributed by atoms with Crippen LogP contribution in [-0.2, 0) is 5.88 Å². The minimum atomic E-state index is -0.449. The summed E-state index contributed by atoms with van der Waals surface area (Å²) in [5.74, 6) is -0.357. The van der Waals surface area contributed by atoms with Crippen molar-refractivity contribution in [2.24, 2.45) is 0 Å². The summed E-state index contributed by atoms with van der Waals surface area (Å²) in [5, 5.41) is 0. The van der Waals surface area contributed by atoms with Crippen molar-refractivity contribution in [1.29, 1.82) is 0 Å². The van der Waals surface area contributed by atoms with Crippen LogP contribution in [0.5, 0.6) is 11.5 Å². The van der Waals surface area contributed by atoms with Crippen molar-refractivity contribution >= 4 is 27.5 Å². The predicted octanol–water partition coefficient (Wildman–Crippen LogP) is 5.26. The fourth-order valence-corrected chi connectivity index (χ4v) is 2.02. The van der Waals surface area contributed by atoms with Gasteiger partial charge in [-0.1, -0.05) is 6.07 Å². The largest absolute Gasteiger partial charge is 0.456 e. The normalized spacial score (nSPS) is 10.4. The molecule has 0 unspecified atom stereocenters. The quantitative estimate of drug-likeness (QED) is 0.696. The lowest BCUT2D eigenvalue weighted by Gasteiger charge is -2.11. The molecule has 0 radical (unpaired) electrons. The molecular formula is C13H8BrClF2O. The van der Waals surface area contributed by atoms with Gasteiger partial charge in [-0.25, -0.2) is 8.78 Å². The van der Waals surface area contributed by atoms with E-state index in [0.717, 1.165) is 0 Å². The van der Waals surface area contributed by atoms with Crippen molar-refractivity contribution in [1.82, 2.24) is 0 Å². The van der Waals surface area contributed by atoms with Gasteiger partial charge in [0, 0.05) is 11.6 Å². The van der Waals surface area contributed by atoms with Crippen molar-refractivity contribution in [2.45, 2.75) is 5.88 Å². The Morgan fingerprint density at radius 3 is 2.61 bits per heavy atom. The highest BCUT2D eigenvalue weighted by molar-refractivity contribution is 9.10. The van der Waals surface area contributed by atoms with Gasteiger partial charge in [0.2, 0.25) is 0 Å².